The average molecular weight is 242 g/mol. The van der Waals surface area contributed by atoms with Gasteiger partial charge in [0, 0.05) is 20.2 Å². The molecule has 1 fully saturated rings. The van der Waals surface area contributed by atoms with Crippen molar-refractivity contribution in [2.45, 2.75) is 51.7 Å². The molecule has 0 aromatic rings. The normalized spacial score (nSPS) is 31.0. The lowest BCUT2D eigenvalue weighted by Gasteiger charge is -2.36. The molecule has 0 radical (unpaired) electrons. The van der Waals surface area contributed by atoms with E-state index in [1.165, 1.54) is 0 Å². The van der Waals surface area contributed by atoms with Crippen molar-refractivity contribution in [3.8, 4) is 0 Å². The van der Waals surface area contributed by atoms with Crippen LogP contribution in [0.15, 0.2) is 0 Å². The SMILES string of the molecule is COCC(C)N(C)C(=O)C1CC(C)CC(C)N1. The molecule has 1 aliphatic heterocycles. The second-order valence-electron chi connectivity index (χ2n) is 5.45. The number of piperidine rings is 1. The van der Waals surface area contributed by atoms with Crippen molar-refractivity contribution in [2.24, 2.45) is 5.92 Å². The zero-order valence-electron chi connectivity index (χ0n) is 11.7. The maximum absolute atomic E-state index is 12.3. The zero-order valence-corrected chi connectivity index (χ0v) is 11.7. The first-order valence-corrected chi connectivity index (χ1v) is 6.47. The van der Waals surface area contributed by atoms with Crippen LogP contribution in [0, 0.1) is 5.92 Å². The van der Waals surface area contributed by atoms with Gasteiger partial charge in [-0.05, 0) is 32.6 Å². The summed E-state index contributed by atoms with van der Waals surface area (Å²) in [6.07, 6.45) is 2.09. The first-order chi connectivity index (χ1) is 7.95. The van der Waals surface area contributed by atoms with E-state index in [1.54, 1.807) is 12.0 Å². The third-order valence-corrected chi connectivity index (χ3v) is 3.59. The lowest BCUT2D eigenvalue weighted by Crippen LogP contribution is -2.54. The lowest BCUT2D eigenvalue weighted by atomic mass is 9.89. The van der Waals surface area contributed by atoms with Gasteiger partial charge in [-0.1, -0.05) is 6.92 Å². The topological polar surface area (TPSA) is 41.6 Å². The van der Waals surface area contributed by atoms with Gasteiger partial charge in [-0.3, -0.25) is 4.79 Å². The Morgan fingerprint density at radius 2 is 2.12 bits per heavy atom. The minimum atomic E-state index is -0.0296. The van der Waals surface area contributed by atoms with E-state index in [2.05, 4.69) is 19.2 Å². The van der Waals surface area contributed by atoms with Crippen molar-refractivity contribution in [1.29, 1.82) is 0 Å². The summed E-state index contributed by atoms with van der Waals surface area (Å²) in [6.45, 7) is 6.96. The zero-order chi connectivity index (χ0) is 13.0. The van der Waals surface area contributed by atoms with Crippen molar-refractivity contribution in [2.75, 3.05) is 20.8 Å². The predicted molar refractivity (Wildman–Crippen MR) is 68.9 cm³/mol. The van der Waals surface area contributed by atoms with Crippen LogP contribution in [0.4, 0.5) is 0 Å². The molecule has 0 aliphatic carbocycles. The number of rotatable bonds is 4. The Bertz CT molecular complexity index is 248. The van der Waals surface area contributed by atoms with Crippen molar-refractivity contribution >= 4 is 5.91 Å². The highest BCUT2D eigenvalue weighted by Gasteiger charge is 2.31. The summed E-state index contributed by atoms with van der Waals surface area (Å²) in [5.74, 6) is 0.805. The third kappa shape index (κ3) is 3.96. The Kier molecular flexibility index (Phi) is 5.40. The second kappa shape index (κ2) is 6.36. The summed E-state index contributed by atoms with van der Waals surface area (Å²) in [5.41, 5.74) is 0. The molecule has 0 aromatic heterocycles. The van der Waals surface area contributed by atoms with Crippen LogP contribution in [0.25, 0.3) is 0 Å². The van der Waals surface area contributed by atoms with E-state index in [9.17, 15) is 4.79 Å². The fraction of sp³-hybridized carbons (Fsp3) is 0.923. The number of hydrogen-bond acceptors (Lipinski definition) is 3. The predicted octanol–water partition coefficient (Wildman–Crippen LogP) is 1.26. The largest absolute Gasteiger partial charge is 0.383 e. The van der Waals surface area contributed by atoms with Crippen molar-refractivity contribution < 1.29 is 9.53 Å². The molecule has 17 heavy (non-hydrogen) atoms. The molecule has 1 heterocycles. The fourth-order valence-electron chi connectivity index (χ4n) is 2.57. The van der Waals surface area contributed by atoms with Crippen LogP contribution >= 0.6 is 0 Å². The van der Waals surface area contributed by atoms with Gasteiger partial charge in [0.05, 0.1) is 18.7 Å². The molecule has 1 aliphatic rings. The molecular formula is C13H26N2O2. The van der Waals surface area contributed by atoms with E-state index in [4.69, 9.17) is 4.74 Å². The van der Waals surface area contributed by atoms with Gasteiger partial charge in [0.2, 0.25) is 5.91 Å². The summed E-state index contributed by atoms with van der Waals surface area (Å²) in [4.78, 5) is 14.1. The highest BCUT2D eigenvalue weighted by molar-refractivity contribution is 5.82. The summed E-state index contributed by atoms with van der Waals surface area (Å²) < 4.78 is 5.09. The molecule has 0 saturated carbocycles. The van der Waals surface area contributed by atoms with E-state index in [0.29, 0.717) is 18.6 Å². The molecule has 100 valence electrons. The van der Waals surface area contributed by atoms with Crippen molar-refractivity contribution in [3.05, 3.63) is 0 Å². The van der Waals surface area contributed by atoms with E-state index >= 15 is 0 Å². The number of nitrogens with one attached hydrogen (secondary N) is 1. The van der Waals surface area contributed by atoms with Crippen LogP contribution in [0.1, 0.15) is 33.6 Å². The third-order valence-electron chi connectivity index (χ3n) is 3.59. The van der Waals surface area contributed by atoms with Gasteiger partial charge < -0.3 is 15.0 Å². The van der Waals surface area contributed by atoms with Crippen LogP contribution in [0.2, 0.25) is 0 Å². The molecule has 0 aromatic carbocycles. The van der Waals surface area contributed by atoms with Crippen LogP contribution in [0.3, 0.4) is 0 Å². The number of ether oxygens (including phenoxy) is 1. The average Bonchev–Trinajstić information content (AvgIpc) is 2.26. The number of carbonyl (C=O) groups excluding carboxylic acids is 1. The first-order valence-electron chi connectivity index (χ1n) is 6.47. The van der Waals surface area contributed by atoms with E-state index in [-0.39, 0.29) is 18.0 Å². The minimum absolute atomic E-state index is 0.0296. The number of nitrogens with zero attached hydrogens (tertiary/aromatic N) is 1. The quantitative estimate of drug-likeness (QED) is 0.807. The van der Waals surface area contributed by atoms with E-state index < -0.39 is 0 Å². The maximum atomic E-state index is 12.3. The number of hydrogen-bond donors (Lipinski definition) is 1. The molecule has 4 atom stereocenters. The van der Waals surface area contributed by atoms with Crippen molar-refractivity contribution in [1.82, 2.24) is 10.2 Å². The second-order valence-corrected chi connectivity index (χ2v) is 5.45. The molecule has 4 unspecified atom stereocenters. The monoisotopic (exact) mass is 242 g/mol. The number of amides is 1. The van der Waals surface area contributed by atoms with E-state index in [0.717, 1.165) is 12.8 Å². The van der Waals surface area contributed by atoms with Gasteiger partial charge in [0.15, 0.2) is 0 Å². The molecule has 1 N–H and O–H groups in total. The summed E-state index contributed by atoms with van der Waals surface area (Å²) in [6, 6.07) is 0.527. The molecule has 1 amide bonds. The summed E-state index contributed by atoms with van der Waals surface area (Å²) in [7, 11) is 3.52. The molecule has 0 spiro atoms. The van der Waals surface area contributed by atoms with Gasteiger partial charge in [0.25, 0.3) is 0 Å². The standard InChI is InChI=1S/C13H26N2O2/c1-9-6-10(2)14-12(7-9)13(16)15(4)11(3)8-17-5/h9-12,14H,6-8H2,1-5H3. The molecule has 4 heteroatoms. The van der Waals surface area contributed by atoms with Crippen LogP contribution < -0.4 is 5.32 Å². The number of likely N-dealkylation sites (N-methyl/N-ethyl adjacent to an activating group) is 1. The lowest BCUT2D eigenvalue weighted by molar-refractivity contribution is -0.136. The van der Waals surface area contributed by atoms with Crippen molar-refractivity contribution in [3.63, 3.8) is 0 Å². The van der Waals surface area contributed by atoms with Crippen LogP contribution in [-0.4, -0.2) is 49.7 Å². The Hall–Kier alpha value is -0.610. The maximum Gasteiger partial charge on any atom is 0.239 e. The number of carbonyl (C=O) groups is 1. The highest BCUT2D eigenvalue weighted by Crippen LogP contribution is 2.20. The molecular weight excluding hydrogens is 216 g/mol. The Morgan fingerprint density at radius 1 is 1.47 bits per heavy atom. The Balaban J connectivity index is 2.56. The van der Waals surface area contributed by atoms with Crippen LogP contribution in [0.5, 0.6) is 0 Å². The molecule has 1 rings (SSSR count). The fourth-order valence-corrected chi connectivity index (χ4v) is 2.57. The van der Waals surface area contributed by atoms with Crippen LogP contribution in [-0.2, 0) is 9.53 Å². The summed E-state index contributed by atoms with van der Waals surface area (Å²) >= 11 is 0. The van der Waals surface area contributed by atoms with Gasteiger partial charge in [0.1, 0.15) is 0 Å². The Morgan fingerprint density at radius 3 is 2.65 bits per heavy atom. The van der Waals surface area contributed by atoms with Gasteiger partial charge in [-0.2, -0.15) is 0 Å². The number of methoxy groups -OCH3 is 1. The smallest absolute Gasteiger partial charge is 0.239 e. The van der Waals surface area contributed by atoms with Gasteiger partial charge in [-0.15, -0.1) is 0 Å². The minimum Gasteiger partial charge on any atom is -0.383 e. The molecule has 0 bridgehead atoms. The Labute approximate surface area is 105 Å². The highest BCUT2D eigenvalue weighted by atomic mass is 16.5. The van der Waals surface area contributed by atoms with Gasteiger partial charge in [-0.25, -0.2) is 0 Å². The molecule has 4 nitrogen and oxygen atoms in total. The van der Waals surface area contributed by atoms with Gasteiger partial charge >= 0.3 is 0 Å². The first kappa shape index (κ1) is 14.5. The van der Waals surface area contributed by atoms with E-state index in [1.807, 2.05) is 14.0 Å². The molecule has 1 saturated heterocycles. The summed E-state index contributed by atoms with van der Waals surface area (Å²) in [5, 5.41) is 3.39.